The minimum Gasteiger partial charge on any atom is -0.423 e. The molecule has 2 heterocycles. The van der Waals surface area contributed by atoms with Gasteiger partial charge in [-0.2, -0.15) is 0 Å². The third-order valence-electron chi connectivity index (χ3n) is 3.19. The number of amides is 1. The first-order chi connectivity index (χ1) is 11.1. The van der Waals surface area contributed by atoms with Crippen LogP contribution < -0.4 is 10.9 Å². The van der Waals surface area contributed by atoms with Gasteiger partial charge in [0, 0.05) is 12.7 Å². The summed E-state index contributed by atoms with van der Waals surface area (Å²) in [5, 5.41) is 12.4. The Hall–Kier alpha value is -3.29. The van der Waals surface area contributed by atoms with E-state index in [0.29, 0.717) is 5.56 Å². The standard InChI is InChI=1S/C15H11FN4O3/c16-10-5-3-9(4-6-10)8-18-14(21)13-19-12-11(2-1-7-17-12)15(22)20(13)23/h1-7,23H,8H2,(H,18,21). The number of pyridine rings is 1. The third kappa shape index (κ3) is 2.86. The second kappa shape index (κ2) is 5.84. The molecular formula is C15H11FN4O3. The highest BCUT2D eigenvalue weighted by molar-refractivity contribution is 5.92. The van der Waals surface area contributed by atoms with E-state index in [1.807, 2.05) is 0 Å². The molecule has 0 bridgehead atoms. The van der Waals surface area contributed by atoms with E-state index in [9.17, 15) is 19.2 Å². The van der Waals surface area contributed by atoms with Crippen molar-refractivity contribution in [1.82, 2.24) is 20.0 Å². The molecule has 1 aromatic carbocycles. The maximum Gasteiger partial charge on any atom is 0.296 e. The van der Waals surface area contributed by atoms with Crippen LogP contribution in [0.3, 0.4) is 0 Å². The van der Waals surface area contributed by atoms with Gasteiger partial charge in [-0.15, -0.1) is 4.73 Å². The van der Waals surface area contributed by atoms with Gasteiger partial charge in [0.05, 0.1) is 5.39 Å². The molecule has 0 saturated carbocycles. The van der Waals surface area contributed by atoms with Crippen LogP contribution in [0.25, 0.3) is 11.0 Å². The Morgan fingerprint density at radius 2 is 2.00 bits per heavy atom. The van der Waals surface area contributed by atoms with Crippen molar-refractivity contribution in [3.63, 3.8) is 0 Å². The first-order valence-electron chi connectivity index (χ1n) is 6.66. The second-order valence-electron chi connectivity index (χ2n) is 4.74. The van der Waals surface area contributed by atoms with Crippen LogP contribution in [0.2, 0.25) is 0 Å². The van der Waals surface area contributed by atoms with Crippen molar-refractivity contribution in [2.45, 2.75) is 6.54 Å². The predicted molar refractivity (Wildman–Crippen MR) is 78.6 cm³/mol. The number of nitrogens with one attached hydrogen (secondary N) is 1. The Labute approximate surface area is 129 Å². The Balaban J connectivity index is 1.87. The Bertz CT molecular complexity index is 938. The van der Waals surface area contributed by atoms with E-state index in [4.69, 9.17) is 0 Å². The molecule has 2 aromatic heterocycles. The van der Waals surface area contributed by atoms with Crippen molar-refractivity contribution in [2.75, 3.05) is 0 Å². The maximum absolute atomic E-state index is 12.8. The quantitative estimate of drug-likeness (QED) is 0.706. The fourth-order valence-corrected chi connectivity index (χ4v) is 2.02. The average molecular weight is 314 g/mol. The van der Waals surface area contributed by atoms with E-state index in [2.05, 4.69) is 15.3 Å². The minimum atomic E-state index is -0.782. The van der Waals surface area contributed by atoms with Crippen LogP contribution in [0.1, 0.15) is 16.2 Å². The molecule has 7 nitrogen and oxygen atoms in total. The molecule has 0 saturated heterocycles. The number of carbonyl (C=O) groups excluding carboxylic acids is 1. The predicted octanol–water partition coefficient (Wildman–Crippen LogP) is 1.10. The summed E-state index contributed by atoms with van der Waals surface area (Å²) in [6.45, 7) is 0.0925. The van der Waals surface area contributed by atoms with Crippen LogP contribution in [-0.2, 0) is 6.54 Å². The van der Waals surface area contributed by atoms with Crippen LogP contribution >= 0.6 is 0 Å². The topological polar surface area (TPSA) is 97.1 Å². The summed E-state index contributed by atoms with van der Waals surface area (Å²) in [5.74, 6) is -1.60. The molecule has 0 unspecified atom stereocenters. The third-order valence-corrected chi connectivity index (χ3v) is 3.19. The zero-order chi connectivity index (χ0) is 16.4. The van der Waals surface area contributed by atoms with E-state index in [1.165, 1.54) is 42.6 Å². The van der Waals surface area contributed by atoms with Crippen molar-refractivity contribution in [2.24, 2.45) is 0 Å². The fraction of sp³-hybridized carbons (Fsp3) is 0.0667. The molecule has 0 fully saturated rings. The molecule has 0 spiro atoms. The molecule has 0 atom stereocenters. The normalized spacial score (nSPS) is 10.7. The minimum absolute atomic E-state index is 0.0646. The highest BCUT2D eigenvalue weighted by Crippen LogP contribution is 2.05. The molecule has 3 rings (SSSR count). The van der Waals surface area contributed by atoms with Gasteiger partial charge in [-0.1, -0.05) is 12.1 Å². The number of aromatic nitrogens is 3. The maximum atomic E-state index is 12.8. The first-order valence-corrected chi connectivity index (χ1v) is 6.66. The number of benzene rings is 1. The lowest BCUT2D eigenvalue weighted by Gasteiger charge is -2.08. The number of fused-ring (bicyclic) bond motifs is 1. The Morgan fingerprint density at radius 1 is 1.26 bits per heavy atom. The zero-order valence-electron chi connectivity index (χ0n) is 11.7. The lowest BCUT2D eigenvalue weighted by Crippen LogP contribution is -2.32. The Kier molecular flexibility index (Phi) is 3.71. The van der Waals surface area contributed by atoms with Gasteiger partial charge >= 0.3 is 0 Å². The van der Waals surface area contributed by atoms with Crippen molar-refractivity contribution < 1.29 is 14.4 Å². The molecule has 2 N–H and O–H groups in total. The molecule has 0 aliphatic heterocycles. The van der Waals surface area contributed by atoms with E-state index < -0.39 is 17.3 Å². The van der Waals surface area contributed by atoms with Crippen LogP contribution in [0.5, 0.6) is 0 Å². The van der Waals surface area contributed by atoms with Crippen molar-refractivity contribution in [1.29, 1.82) is 0 Å². The lowest BCUT2D eigenvalue weighted by atomic mass is 10.2. The molecule has 0 aliphatic rings. The zero-order valence-corrected chi connectivity index (χ0v) is 11.7. The van der Waals surface area contributed by atoms with E-state index in [1.54, 1.807) is 0 Å². The van der Waals surface area contributed by atoms with Gasteiger partial charge in [-0.3, -0.25) is 9.59 Å². The fourth-order valence-electron chi connectivity index (χ4n) is 2.02. The molecule has 0 radical (unpaired) electrons. The van der Waals surface area contributed by atoms with E-state index in [-0.39, 0.29) is 28.1 Å². The second-order valence-corrected chi connectivity index (χ2v) is 4.74. The monoisotopic (exact) mass is 314 g/mol. The van der Waals surface area contributed by atoms with Crippen molar-refractivity contribution in [3.05, 3.63) is 70.2 Å². The van der Waals surface area contributed by atoms with Gasteiger partial charge in [0.2, 0.25) is 5.82 Å². The highest BCUT2D eigenvalue weighted by Gasteiger charge is 2.17. The number of hydrogen-bond donors (Lipinski definition) is 2. The molecule has 23 heavy (non-hydrogen) atoms. The van der Waals surface area contributed by atoms with Crippen molar-refractivity contribution in [3.8, 4) is 0 Å². The van der Waals surface area contributed by atoms with E-state index in [0.717, 1.165) is 0 Å². The van der Waals surface area contributed by atoms with Gasteiger partial charge in [-0.25, -0.2) is 14.4 Å². The summed E-state index contributed by atoms with van der Waals surface area (Å²) in [6.07, 6.45) is 1.43. The van der Waals surface area contributed by atoms with E-state index >= 15 is 0 Å². The van der Waals surface area contributed by atoms with Crippen molar-refractivity contribution >= 4 is 16.9 Å². The molecular weight excluding hydrogens is 303 g/mol. The molecule has 8 heteroatoms. The SMILES string of the molecule is O=C(NCc1ccc(F)cc1)c1nc2ncccc2c(=O)n1O. The molecule has 1 amide bonds. The summed E-state index contributed by atoms with van der Waals surface area (Å²) < 4.78 is 13.0. The van der Waals surface area contributed by atoms with Gasteiger partial charge in [0.1, 0.15) is 5.82 Å². The summed E-state index contributed by atoms with van der Waals surface area (Å²) in [6, 6.07) is 8.53. The summed E-state index contributed by atoms with van der Waals surface area (Å²) in [7, 11) is 0. The van der Waals surface area contributed by atoms with Crippen LogP contribution in [0.4, 0.5) is 4.39 Å². The smallest absolute Gasteiger partial charge is 0.296 e. The van der Waals surface area contributed by atoms with Gasteiger partial charge in [0.25, 0.3) is 11.5 Å². The van der Waals surface area contributed by atoms with Gasteiger partial charge < -0.3 is 10.5 Å². The number of halogens is 1. The molecule has 3 aromatic rings. The molecule has 0 aliphatic carbocycles. The largest absolute Gasteiger partial charge is 0.423 e. The van der Waals surface area contributed by atoms with Crippen LogP contribution in [0, 0.1) is 5.82 Å². The summed E-state index contributed by atoms with van der Waals surface area (Å²) in [5.41, 5.74) is -0.0599. The number of nitrogens with zero attached hydrogens (tertiary/aromatic N) is 3. The van der Waals surface area contributed by atoms with Gasteiger partial charge in [0.15, 0.2) is 5.65 Å². The number of carbonyl (C=O) groups is 1. The van der Waals surface area contributed by atoms with Crippen LogP contribution in [0.15, 0.2) is 47.4 Å². The number of hydrogen-bond acceptors (Lipinski definition) is 5. The highest BCUT2D eigenvalue weighted by atomic mass is 19.1. The van der Waals surface area contributed by atoms with Gasteiger partial charge in [-0.05, 0) is 29.8 Å². The lowest BCUT2D eigenvalue weighted by molar-refractivity contribution is 0.0878. The molecule has 116 valence electrons. The average Bonchev–Trinajstić information content (AvgIpc) is 2.57. The Morgan fingerprint density at radius 3 is 2.74 bits per heavy atom. The number of rotatable bonds is 3. The first kappa shape index (κ1) is 14.6. The van der Waals surface area contributed by atoms with Crippen LogP contribution in [-0.4, -0.2) is 25.8 Å². The summed E-state index contributed by atoms with van der Waals surface area (Å²) in [4.78, 5) is 31.9. The summed E-state index contributed by atoms with van der Waals surface area (Å²) >= 11 is 0.